The van der Waals surface area contributed by atoms with E-state index in [1.807, 2.05) is 100 Å². The number of carbonyl (C=O) groups excluding carboxylic acids is 4. The summed E-state index contributed by atoms with van der Waals surface area (Å²) in [5.41, 5.74) is 7.39. The molecule has 0 bridgehead atoms. The minimum absolute atomic E-state index is 0.0384. The molecule has 0 unspecified atom stereocenters. The monoisotopic (exact) mass is 1140 g/mol. The highest BCUT2D eigenvalue weighted by molar-refractivity contribution is 6.06. The molecule has 0 radical (unpaired) electrons. The van der Waals surface area contributed by atoms with Gasteiger partial charge in [-0.15, -0.1) is 0 Å². The summed E-state index contributed by atoms with van der Waals surface area (Å²) in [6.07, 6.45) is 7.02. The van der Waals surface area contributed by atoms with Crippen LogP contribution in [0.15, 0.2) is 116 Å². The molecule has 5 aromatic rings. The van der Waals surface area contributed by atoms with Gasteiger partial charge in [0.15, 0.2) is 51.8 Å². The maximum absolute atomic E-state index is 12.2. The molecule has 0 N–H and O–H groups in total. The Kier molecular flexibility index (Phi) is 21.7. The van der Waals surface area contributed by atoms with E-state index in [1.54, 1.807) is 84.0 Å². The molecule has 1 aliphatic carbocycles. The van der Waals surface area contributed by atoms with Gasteiger partial charge in [0, 0.05) is 66.2 Å². The van der Waals surface area contributed by atoms with Crippen LogP contribution in [0.25, 0.3) is 0 Å². The summed E-state index contributed by atoms with van der Waals surface area (Å²) < 4.78 is 47.2. The van der Waals surface area contributed by atoms with Crippen LogP contribution in [0.4, 0.5) is 0 Å². The van der Waals surface area contributed by atoms with Gasteiger partial charge in [-0.25, -0.2) is 20.0 Å². The maximum Gasteiger partial charge on any atom is 0.309 e. The quantitative estimate of drug-likeness (QED) is 0.0848. The molecule has 4 aromatic carbocycles. The standard InChI is InChI=1S/C16H16N2O4.C16H22N2O3.C15H18N2O3.C15H20N2O3/c1-20-13-6-5-11(10-15(13)21-2)12-7-8-18(17-12)16(19)14-4-3-9-22-14;1-11(2)9-16(19)18-8-7-13(17-18)12-5-6-14(20-3)15(10-12)21-4;1-19-13-6-5-11(9-14(13)20-2)12-7-8-17(16-12)15(18)10-3-4-10;1-10(2)15(18)17-8-7-12(16-17)11-5-6-13(19-3)14(9-11)20-4/h3-6,9-10H,7-8H2,1-2H3;5-6,10-11H,7-9H2,1-4H3;5-6,9-10H,3-4,7-8H2,1-2H3;5-6,9-10H,7-8H2,1-4H3. The Morgan fingerprint density at radius 2 is 0.819 bits per heavy atom. The number of hydrazone groups is 4. The van der Waals surface area contributed by atoms with Crippen molar-refractivity contribution in [1.29, 1.82) is 0 Å². The second kappa shape index (κ2) is 29.2. The van der Waals surface area contributed by atoms with E-state index in [4.69, 9.17) is 42.3 Å². The second-order valence-corrected chi connectivity index (χ2v) is 20.3. The topological polar surface area (TPSA) is 218 Å². The van der Waals surface area contributed by atoms with Crippen LogP contribution in [0.1, 0.15) is 105 Å². The predicted octanol–water partition coefficient (Wildman–Crippen LogP) is 9.58. The first-order valence-corrected chi connectivity index (χ1v) is 27.5. The van der Waals surface area contributed by atoms with E-state index < -0.39 is 0 Å². The lowest BCUT2D eigenvalue weighted by molar-refractivity contribution is -0.134. The van der Waals surface area contributed by atoms with Crippen molar-refractivity contribution in [3.8, 4) is 46.0 Å². The summed E-state index contributed by atoms with van der Waals surface area (Å²) in [6, 6.07) is 26.0. The minimum atomic E-state index is -0.236. The molecule has 21 heteroatoms. The van der Waals surface area contributed by atoms with E-state index in [9.17, 15) is 19.2 Å². The molecule has 0 atom stereocenters. The molecule has 4 aliphatic heterocycles. The fourth-order valence-corrected chi connectivity index (χ4v) is 9.17. The highest BCUT2D eigenvalue weighted by atomic mass is 16.5. The van der Waals surface area contributed by atoms with E-state index in [0.717, 1.165) is 77.2 Å². The van der Waals surface area contributed by atoms with Gasteiger partial charge in [-0.3, -0.25) is 19.2 Å². The fourth-order valence-electron chi connectivity index (χ4n) is 9.17. The molecular weight excluding hydrogens is 1060 g/mol. The maximum atomic E-state index is 12.2. The van der Waals surface area contributed by atoms with Crippen LogP contribution in [-0.4, -0.2) is 150 Å². The van der Waals surface area contributed by atoms with Gasteiger partial charge in [0.25, 0.3) is 0 Å². The molecule has 5 aliphatic rings. The molecule has 1 fully saturated rings. The van der Waals surface area contributed by atoms with Gasteiger partial charge in [0.2, 0.25) is 17.7 Å². The molecule has 0 spiro atoms. The average molecular weight is 1140 g/mol. The van der Waals surface area contributed by atoms with Gasteiger partial charge >= 0.3 is 5.91 Å². The van der Waals surface area contributed by atoms with E-state index in [0.29, 0.717) is 90.9 Å². The van der Waals surface area contributed by atoms with Crippen LogP contribution >= 0.6 is 0 Å². The zero-order chi connectivity index (χ0) is 59.7. The number of furan rings is 1. The smallest absolute Gasteiger partial charge is 0.309 e. The first-order valence-electron chi connectivity index (χ1n) is 27.5. The summed E-state index contributed by atoms with van der Waals surface area (Å²) in [4.78, 5) is 48.1. The third kappa shape index (κ3) is 15.8. The lowest BCUT2D eigenvalue weighted by Crippen LogP contribution is -2.27. The fraction of sp³-hybridized carbons (Fsp3) is 0.419. The minimum Gasteiger partial charge on any atom is -0.493 e. The van der Waals surface area contributed by atoms with Gasteiger partial charge in [0.1, 0.15) is 0 Å². The van der Waals surface area contributed by atoms with Crippen molar-refractivity contribution < 1.29 is 61.5 Å². The first-order chi connectivity index (χ1) is 40.1. The largest absolute Gasteiger partial charge is 0.493 e. The summed E-state index contributed by atoms with van der Waals surface area (Å²) in [5.74, 6) is 6.26. The molecule has 83 heavy (non-hydrogen) atoms. The van der Waals surface area contributed by atoms with Crippen LogP contribution in [0.5, 0.6) is 46.0 Å². The van der Waals surface area contributed by atoms with Crippen molar-refractivity contribution in [3.63, 3.8) is 0 Å². The Morgan fingerprint density at radius 1 is 0.470 bits per heavy atom. The molecule has 442 valence electrons. The molecule has 1 saturated carbocycles. The normalized spacial score (nSPS) is 15.1. The van der Waals surface area contributed by atoms with Crippen molar-refractivity contribution in [2.45, 2.75) is 72.6 Å². The Balaban J connectivity index is 0.000000159. The molecule has 5 heterocycles. The Bertz CT molecular complexity index is 3110. The first kappa shape index (κ1) is 61.7. The van der Waals surface area contributed by atoms with Crippen molar-refractivity contribution in [3.05, 3.63) is 119 Å². The predicted molar refractivity (Wildman–Crippen MR) is 315 cm³/mol. The Labute approximate surface area is 485 Å². The number of benzene rings is 4. The third-order valence-corrected chi connectivity index (χ3v) is 13.8. The average Bonchev–Trinajstić information content (AvgIpc) is 4.33. The zero-order valence-electron chi connectivity index (χ0n) is 49.6. The van der Waals surface area contributed by atoms with Gasteiger partial charge in [-0.1, -0.05) is 27.7 Å². The van der Waals surface area contributed by atoms with Crippen LogP contribution in [0.2, 0.25) is 0 Å². The number of hydrogen-bond donors (Lipinski definition) is 0. The van der Waals surface area contributed by atoms with Crippen LogP contribution in [0, 0.1) is 17.8 Å². The van der Waals surface area contributed by atoms with E-state index in [-0.39, 0.29) is 41.2 Å². The molecular formula is C62H76N8O13. The van der Waals surface area contributed by atoms with Crippen molar-refractivity contribution >= 4 is 46.5 Å². The van der Waals surface area contributed by atoms with Gasteiger partial charge < -0.3 is 42.3 Å². The third-order valence-electron chi connectivity index (χ3n) is 13.8. The summed E-state index contributed by atoms with van der Waals surface area (Å²) in [5, 5.41) is 23.9. The zero-order valence-corrected chi connectivity index (χ0v) is 49.6. The van der Waals surface area contributed by atoms with E-state index >= 15 is 0 Å². The number of amides is 4. The lowest BCUT2D eigenvalue weighted by Gasteiger charge is -2.13. The SMILES string of the molecule is COc1ccc(C2=NN(C(=O)C(C)C)CC2)cc1OC.COc1ccc(C2=NN(C(=O)C3CC3)CC2)cc1OC.COc1ccc(C2=NN(C(=O)CC(C)C)CC2)cc1OC.COc1ccc(C2=NN(C(=O)c3ccco3)CC2)cc1OC. The van der Waals surface area contributed by atoms with Crippen LogP contribution in [-0.2, 0) is 14.4 Å². The number of nitrogens with zero attached hydrogens (tertiary/aromatic N) is 8. The van der Waals surface area contributed by atoms with E-state index in [1.165, 1.54) is 11.3 Å². The van der Waals surface area contributed by atoms with E-state index in [2.05, 4.69) is 20.4 Å². The Morgan fingerprint density at radius 3 is 1.17 bits per heavy atom. The number of hydrogen-bond acceptors (Lipinski definition) is 17. The number of ether oxygens (including phenoxy) is 8. The van der Waals surface area contributed by atoms with Gasteiger partial charge in [0.05, 0.1) is 112 Å². The van der Waals surface area contributed by atoms with Gasteiger partial charge in [-0.05, 0) is 104 Å². The van der Waals surface area contributed by atoms with Crippen molar-refractivity contribution in [1.82, 2.24) is 20.0 Å². The number of rotatable bonds is 17. The summed E-state index contributed by atoms with van der Waals surface area (Å²) >= 11 is 0. The van der Waals surface area contributed by atoms with Crippen molar-refractivity contribution in [2.24, 2.45) is 38.2 Å². The lowest BCUT2D eigenvalue weighted by atomic mass is 10.1. The van der Waals surface area contributed by atoms with Crippen molar-refractivity contribution in [2.75, 3.05) is 83.1 Å². The highest BCUT2D eigenvalue weighted by Gasteiger charge is 2.35. The summed E-state index contributed by atoms with van der Waals surface area (Å²) in [6.45, 7) is 10.3. The summed E-state index contributed by atoms with van der Waals surface area (Å²) in [7, 11) is 12.8. The van der Waals surface area contributed by atoms with Crippen LogP contribution in [0.3, 0.4) is 0 Å². The molecule has 1 aromatic heterocycles. The molecule has 4 amide bonds. The molecule has 21 nitrogen and oxygen atoms in total. The number of methoxy groups -OCH3 is 8. The Hall–Kier alpha value is -8.88. The van der Waals surface area contributed by atoms with Gasteiger partial charge in [-0.2, -0.15) is 20.4 Å². The number of carbonyl (C=O) groups is 4. The second-order valence-electron chi connectivity index (χ2n) is 20.3. The van der Waals surface area contributed by atoms with Crippen LogP contribution < -0.4 is 37.9 Å². The molecule has 10 rings (SSSR count). The molecule has 0 saturated heterocycles. The highest BCUT2D eigenvalue weighted by Crippen LogP contribution is 2.35.